The van der Waals surface area contributed by atoms with Crippen LogP contribution in [-0.4, -0.2) is 45.4 Å². The van der Waals surface area contributed by atoms with Crippen LogP contribution in [0.3, 0.4) is 0 Å². The van der Waals surface area contributed by atoms with Crippen LogP contribution in [0.2, 0.25) is 0 Å². The molecule has 1 aliphatic carbocycles. The summed E-state index contributed by atoms with van der Waals surface area (Å²) in [6, 6.07) is 0.366. The van der Waals surface area contributed by atoms with Crippen molar-refractivity contribution in [3.05, 3.63) is 17.7 Å². The Kier molecular flexibility index (Phi) is 5.00. The van der Waals surface area contributed by atoms with Crippen molar-refractivity contribution in [2.75, 3.05) is 13.1 Å². The highest BCUT2D eigenvalue weighted by Crippen LogP contribution is 2.26. The highest BCUT2D eigenvalue weighted by Gasteiger charge is 2.32. The fourth-order valence-electron chi connectivity index (χ4n) is 4.61. The first-order valence-electron chi connectivity index (χ1n) is 10.3. The predicted octanol–water partition coefficient (Wildman–Crippen LogP) is 2.38. The zero-order valence-corrected chi connectivity index (χ0v) is 15.7. The molecule has 0 bridgehead atoms. The molecule has 4 rings (SSSR count). The van der Waals surface area contributed by atoms with Crippen LogP contribution in [0, 0.1) is 11.8 Å². The van der Waals surface area contributed by atoms with Crippen LogP contribution in [0.25, 0.3) is 0 Å². The van der Waals surface area contributed by atoms with E-state index in [0.717, 1.165) is 57.3 Å². The van der Waals surface area contributed by atoms with Crippen LogP contribution in [0.5, 0.6) is 0 Å². The van der Waals surface area contributed by atoms with E-state index in [1.807, 2.05) is 9.47 Å². The van der Waals surface area contributed by atoms with Gasteiger partial charge in [-0.3, -0.25) is 9.59 Å². The first-order chi connectivity index (χ1) is 12.6. The van der Waals surface area contributed by atoms with E-state index in [0.29, 0.717) is 24.2 Å². The van der Waals surface area contributed by atoms with Crippen LogP contribution in [0.4, 0.5) is 0 Å². The highest BCUT2D eigenvalue weighted by atomic mass is 16.2. The molecule has 1 aromatic rings. The number of nitrogens with one attached hydrogen (secondary N) is 1. The van der Waals surface area contributed by atoms with Gasteiger partial charge in [0, 0.05) is 25.7 Å². The second-order valence-corrected chi connectivity index (χ2v) is 8.39. The first-order valence-corrected chi connectivity index (χ1v) is 10.3. The van der Waals surface area contributed by atoms with E-state index in [1.54, 1.807) is 6.33 Å². The minimum absolute atomic E-state index is 0.00362. The number of carbonyl (C=O) groups excluding carboxylic acids is 2. The van der Waals surface area contributed by atoms with E-state index in [4.69, 9.17) is 0 Å². The molecule has 3 heterocycles. The van der Waals surface area contributed by atoms with Crippen molar-refractivity contribution >= 4 is 11.8 Å². The SMILES string of the molecule is CC1CCN(C(=O)c2ncn3c2CCC(C(=O)NC2CCCC2)C3)CC1. The maximum Gasteiger partial charge on any atom is 0.274 e. The first kappa shape index (κ1) is 17.6. The van der Waals surface area contributed by atoms with Gasteiger partial charge < -0.3 is 14.8 Å². The number of amides is 2. The van der Waals surface area contributed by atoms with E-state index in [1.165, 1.54) is 12.8 Å². The summed E-state index contributed by atoms with van der Waals surface area (Å²) in [5.74, 6) is 0.943. The molecule has 0 radical (unpaired) electrons. The molecule has 1 aromatic heterocycles. The number of nitrogens with zero attached hydrogens (tertiary/aromatic N) is 3. The third kappa shape index (κ3) is 3.51. The van der Waals surface area contributed by atoms with E-state index in [2.05, 4.69) is 17.2 Å². The van der Waals surface area contributed by atoms with Crippen LogP contribution >= 0.6 is 0 Å². The van der Waals surface area contributed by atoms with Gasteiger partial charge in [-0.15, -0.1) is 0 Å². The Bertz CT molecular complexity index is 669. The molecule has 1 unspecified atom stereocenters. The van der Waals surface area contributed by atoms with Gasteiger partial charge in [-0.2, -0.15) is 0 Å². The maximum atomic E-state index is 12.9. The molecule has 6 nitrogen and oxygen atoms in total. The van der Waals surface area contributed by atoms with E-state index < -0.39 is 0 Å². The average molecular weight is 358 g/mol. The van der Waals surface area contributed by atoms with Crippen LogP contribution < -0.4 is 5.32 Å². The molecular weight excluding hydrogens is 328 g/mol. The van der Waals surface area contributed by atoms with Gasteiger partial charge in [0.1, 0.15) is 5.69 Å². The lowest BCUT2D eigenvalue weighted by Crippen LogP contribution is -2.41. The minimum atomic E-state index is -0.00362. The second kappa shape index (κ2) is 7.41. The number of carbonyl (C=O) groups is 2. The molecule has 1 saturated heterocycles. The van der Waals surface area contributed by atoms with Gasteiger partial charge in [0.15, 0.2) is 0 Å². The summed E-state index contributed by atoms with van der Waals surface area (Å²) in [5, 5.41) is 3.22. The molecule has 26 heavy (non-hydrogen) atoms. The molecule has 3 aliphatic rings. The highest BCUT2D eigenvalue weighted by molar-refractivity contribution is 5.93. The van der Waals surface area contributed by atoms with Crippen LogP contribution in [0.1, 0.15) is 68.1 Å². The fraction of sp³-hybridized carbons (Fsp3) is 0.750. The molecule has 1 atom stereocenters. The van der Waals surface area contributed by atoms with E-state index in [9.17, 15) is 9.59 Å². The van der Waals surface area contributed by atoms with Crippen molar-refractivity contribution in [1.29, 1.82) is 0 Å². The van der Waals surface area contributed by atoms with Gasteiger partial charge in [-0.05, 0) is 44.4 Å². The third-order valence-corrected chi connectivity index (χ3v) is 6.44. The zero-order valence-electron chi connectivity index (χ0n) is 15.7. The summed E-state index contributed by atoms with van der Waals surface area (Å²) in [7, 11) is 0. The number of fused-ring (bicyclic) bond motifs is 1. The summed E-state index contributed by atoms with van der Waals surface area (Å²) < 4.78 is 2.03. The van der Waals surface area contributed by atoms with Gasteiger partial charge in [0.05, 0.1) is 17.9 Å². The second-order valence-electron chi connectivity index (χ2n) is 8.39. The average Bonchev–Trinajstić information content (AvgIpc) is 3.30. The topological polar surface area (TPSA) is 67.2 Å². The molecule has 0 spiro atoms. The largest absolute Gasteiger partial charge is 0.353 e. The van der Waals surface area contributed by atoms with Crippen molar-refractivity contribution in [2.24, 2.45) is 11.8 Å². The van der Waals surface area contributed by atoms with Gasteiger partial charge in [0.2, 0.25) is 5.91 Å². The van der Waals surface area contributed by atoms with Crippen LogP contribution in [-0.2, 0) is 17.8 Å². The normalized spacial score (nSPS) is 24.5. The maximum absolute atomic E-state index is 12.9. The summed E-state index contributed by atoms with van der Waals surface area (Å²) in [6.45, 7) is 4.56. The summed E-state index contributed by atoms with van der Waals surface area (Å²) in [5.41, 5.74) is 1.62. The molecule has 2 aliphatic heterocycles. The Morgan fingerprint density at radius 3 is 2.58 bits per heavy atom. The van der Waals surface area contributed by atoms with Gasteiger partial charge in [-0.1, -0.05) is 19.8 Å². The number of piperidine rings is 1. The Balaban J connectivity index is 1.40. The van der Waals surface area contributed by atoms with Crippen molar-refractivity contribution in [3.8, 4) is 0 Å². The van der Waals surface area contributed by atoms with Crippen molar-refractivity contribution < 1.29 is 9.59 Å². The quantitative estimate of drug-likeness (QED) is 0.902. The number of hydrogen-bond donors (Lipinski definition) is 1. The Hall–Kier alpha value is -1.85. The number of rotatable bonds is 3. The molecule has 1 N–H and O–H groups in total. The molecule has 2 fully saturated rings. The zero-order chi connectivity index (χ0) is 18.1. The molecule has 0 aromatic carbocycles. The minimum Gasteiger partial charge on any atom is -0.353 e. The molecular formula is C20H30N4O2. The van der Waals surface area contributed by atoms with Crippen molar-refractivity contribution in [1.82, 2.24) is 19.8 Å². The van der Waals surface area contributed by atoms with Crippen molar-refractivity contribution in [3.63, 3.8) is 0 Å². The number of imidazole rings is 1. The number of hydrogen-bond acceptors (Lipinski definition) is 3. The Morgan fingerprint density at radius 2 is 1.85 bits per heavy atom. The fourth-order valence-corrected chi connectivity index (χ4v) is 4.61. The Labute approximate surface area is 155 Å². The summed E-state index contributed by atoms with van der Waals surface area (Å²) in [6.07, 6.45) is 10.1. The Morgan fingerprint density at radius 1 is 1.12 bits per heavy atom. The van der Waals surface area contributed by atoms with Crippen molar-refractivity contribution in [2.45, 2.75) is 70.9 Å². The molecule has 6 heteroatoms. The van der Waals surface area contributed by atoms with Gasteiger partial charge in [0.25, 0.3) is 5.91 Å². The summed E-state index contributed by atoms with van der Waals surface area (Å²) >= 11 is 0. The monoisotopic (exact) mass is 358 g/mol. The molecule has 142 valence electrons. The van der Waals surface area contributed by atoms with E-state index >= 15 is 0 Å². The summed E-state index contributed by atoms with van der Waals surface area (Å²) in [4.78, 5) is 31.8. The van der Waals surface area contributed by atoms with Crippen LogP contribution in [0.15, 0.2) is 6.33 Å². The molecule has 2 amide bonds. The smallest absolute Gasteiger partial charge is 0.274 e. The number of likely N-dealkylation sites (tertiary alicyclic amines) is 1. The predicted molar refractivity (Wildman–Crippen MR) is 98.7 cm³/mol. The molecule has 1 saturated carbocycles. The lowest BCUT2D eigenvalue weighted by Gasteiger charge is -2.30. The number of aromatic nitrogens is 2. The standard InChI is InChI=1S/C20H30N4O2/c1-14-8-10-23(11-9-14)20(26)18-17-7-6-15(12-24(17)13-21-18)19(25)22-16-4-2-3-5-16/h13-16H,2-12H2,1H3,(H,22,25). The van der Waals surface area contributed by atoms with Gasteiger partial charge in [-0.25, -0.2) is 4.98 Å². The van der Waals surface area contributed by atoms with Gasteiger partial charge >= 0.3 is 0 Å². The third-order valence-electron chi connectivity index (χ3n) is 6.44. The lowest BCUT2D eigenvalue weighted by atomic mass is 9.95. The lowest BCUT2D eigenvalue weighted by molar-refractivity contribution is -0.126. The van der Waals surface area contributed by atoms with E-state index in [-0.39, 0.29) is 17.7 Å².